The first-order valence-corrected chi connectivity index (χ1v) is 6.98. The van der Waals surface area contributed by atoms with E-state index in [1.165, 1.54) is 12.5 Å². The lowest BCUT2D eigenvalue weighted by Crippen LogP contribution is -2.03. The number of carboxylic acid groups (broad SMARTS) is 1. The lowest BCUT2D eigenvalue weighted by atomic mass is 10.0. The number of phenolic OH excluding ortho intramolecular Hbond substituents is 1. The van der Waals surface area contributed by atoms with Gasteiger partial charge in [0.15, 0.2) is 0 Å². The van der Waals surface area contributed by atoms with Crippen LogP contribution in [0.25, 0.3) is 10.9 Å². The molecular formula is C16H19NO3. The standard InChI is InChI=1S/C16H19NO3/c1-2-3-4-5-7-11-10-13(16(19)20)17-15-12(11)8-6-9-14(15)18/h6,8-10,18H,2-5,7H2,1H3,(H,19,20). The number of unbranched alkanes of at least 4 members (excludes halogenated alkanes) is 3. The lowest BCUT2D eigenvalue weighted by molar-refractivity contribution is 0.0691. The molecule has 1 heterocycles. The highest BCUT2D eigenvalue weighted by Gasteiger charge is 2.12. The van der Waals surface area contributed by atoms with Gasteiger partial charge in [-0.15, -0.1) is 0 Å². The fourth-order valence-electron chi connectivity index (χ4n) is 2.36. The monoisotopic (exact) mass is 273 g/mol. The zero-order chi connectivity index (χ0) is 14.5. The molecule has 0 fully saturated rings. The van der Waals surface area contributed by atoms with E-state index in [2.05, 4.69) is 11.9 Å². The topological polar surface area (TPSA) is 70.4 Å². The Balaban J connectivity index is 2.40. The molecule has 0 aliphatic heterocycles. The van der Waals surface area contributed by atoms with Crippen LogP contribution in [-0.4, -0.2) is 21.2 Å². The molecule has 0 unspecified atom stereocenters. The van der Waals surface area contributed by atoms with Gasteiger partial charge >= 0.3 is 5.97 Å². The maximum Gasteiger partial charge on any atom is 0.354 e. The van der Waals surface area contributed by atoms with Crippen LogP contribution in [0.1, 0.15) is 48.7 Å². The van der Waals surface area contributed by atoms with Gasteiger partial charge in [0.25, 0.3) is 0 Å². The second-order valence-electron chi connectivity index (χ2n) is 4.96. The molecule has 0 aliphatic rings. The average molecular weight is 273 g/mol. The van der Waals surface area contributed by atoms with E-state index in [0.29, 0.717) is 5.52 Å². The summed E-state index contributed by atoms with van der Waals surface area (Å²) in [6, 6.07) is 6.79. The van der Waals surface area contributed by atoms with Crippen molar-refractivity contribution in [3.05, 3.63) is 35.5 Å². The van der Waals surface area contributed by atoms with E-state index < -0.39 is 5.97 Å². The van der Waals surface area contributed by atoms with Gasteiger partial charge in [-0.3, -0.25) is 0 Å². The Morgan fingerprint density at radius 3 is 2.75 bits per heavy atom. The highest BCUT2D eigenvalue weighted by atomic mass is 16.4. The number of benzene rings is 1. The van der Waals surface area contributed by atoms with Crippen molar-refractivity contribution < 1.29 is 15.0 Å². The average Bonchev–Trinajstić information content (AvgIpc) is 2.44. The number of fused-ring (bicyclic) bond motifs is 1. The Morgan fingerprint density at radius 2 is 2.05 bits per heavy atom. The Morgan fingerprint density at radius 1 is 1.25 bits per heavy atom. The zero-order valence-corrected chi connectivity index (χ0v) is 11.6. The molecule has 0 amide bonds. The minimum absolute atomic E-state index is 0.00973. The van der Waals surface area contributed by atoms with Crippen molar-refractivity contribution in [2.24, 2.45) is 0 Å². The largest absolute Gasteiger partial charge is 0.506 e. The summed E-state index contributed by atoms with van der Waals surface area (Å²) in [7, 11) is 0. The molecular weight excluding hydrogens is 254 g/mol. The molecule has 4 nitrogen and oxygen atoms in total. The van der Waals surface area contributed by atoms with Crippen molar-refractivity contribution in [3.8, 4) is 5.75 Å². The predicted octanol–water partition coefficient (Wildman–Crippen LogP) is 3.76. The number of carbonyl (C=O) groups is 1. The lowest BCUT2D eigenvalue weighted by Gasteiger charge is -2.09. The zero-order valence-electron chi connectivity index (χ0n) is 11.6. The third kappa shape index (κ3) is 3.07. The third-order valence-corrected chi connectivity index (χ3v) is 3.42. The number of hydrogen-bond donors (Lipinski definition) is 2. The number of hydrogen-bond acceptors (Lipinski definition) is 3. The van der Waals surface area contributed by atoms with Crippen LogP contribution in [0.3, 0.4) is 0 Å². The molecule has 0 aliphatic carbocycles. The van der Waals surface area contributed by atoms with E-state index in [9.17, 15) is 9.90 Å². The van der Waals surface area contributed by atoms with Crippen molar-refractivity contribution in [2.75, 3.05) is 0 Å². The van der Waals surface area contributed by atoms with Crippen molar-refractivity contribution in [1.82, 2.24) is 4.98 Å². The van der Waals surface area contributed by atoms with Crippen LogP contribution in [0, 0.1) is 0 Å². The molecule has 2 rings (SSSR count). The molecule has 0 spiro atoms. The maximum absolute atomic E-state index is 11.1. The third-order valence-electron chi connectivity index (χ3n) is 3.42. The van der Waals surface area contributed by atoms with Gasteiger partial charge in [-0.05, 0) is 30.5 Å². The highest BCUT2D eigenvalue weighted by Crippen LogP contribution is 2.27. The Kier molecular flexibility index (Phi) is 4.56. The Bertz CT molecular complexity index is 622. The number of nitrogens with zero attached hydrogens (tertiary/aromatic N) is 1. The SMILES string of the molecule is CCCCCCc1cc(C(=O)O)nc2c(O)cccc12. The molecule has 106 valence electrons. The normalized spacial score (nSPS) is 10.8. The molecule has 2 aromatic rings. The van der Waals surface area contributed by atoms with Gasteiger partial charge in [-0.2, -0.15) is 0 Å². The number of carboxylic acids is 1. The van der Waals surface area contributed by atoms with E-state index in [1.54, 1.807) is 12.1 Å². The summed E-state index contributed by atoms with van der Waals surface area (Å²) in [4.78, 5) is 15.2. The first-order chi connectivity index (χ1) is 9.63. The Labute approximate surface area is 118 Å². The van der Waals surface area contributed by atoms with Crippen LogP contribution in [0.2, 0.25) is 0 Å². The van der Waals surface area contributed by atoms with Crippen LogP contribution >= 0.6 is 0 Å². The predicted molar refractivity (Wildman–Crippen MR) is 78.2 cm³/mol. The summed E-state index contributed by atoms with van der Waals surface area (Å²) in [5, 5.41) is 19.8. The Hall–Kier alpha value is -2.10. The molecule has 0 radical (unpaired) electrons. The van der Waals surface area contributed by atoms with Crippen LogP contribution in [-0.2, 0) is 6.42 Å². The second-order valence-corrected chi connectivity index (χ2v) is 4.96. The number of aromatic hydroxyl groups is 1. The number of phenols is 1. The van der Waals surface area contributed by atoms with E-state index in [0.717, 1.165) is 36.6 Å². The highest BCUT2D eigenvalue weighted by molar-refractivity contribution is 5.93. The number of rotatable bonds is 6. The van der Waals surface area contributed by atoms with Gasteiger partial charge in [-0.25, -0.2) is 9.78 Å². The van der Waals surface area contributed by atoms with E-state index in [-0.39, 0.29) is 11.4 Å². The van der Waals surface area contributed by atoms with Gasteiger partial charge in [0.2, 0.25) is 0 Å². The number of para-hydroxylation sites is 1. The summed E-state index contributed by atoms with van der Waals surface area (Å²) in [6.07, 6.45) is 5.30. The fourth-order valence-corrected chi connectivity index (χ4v) is 2.36. The number of aromatic carboxylic acids is 1. The molecule has 2 N–H and O–H groups in total. The van der Waals surface area contributed by atoms with Crippen molar-refractivity contribution in [3.63, 3.8) is 0 Å². The van der Waals surface area contributed by atoms with Crippen LogP contribution in [0.4, 0.5) is 0 Å². The van der Waals surface area contributed by atoms with Crippen LogP contribution in [0.15, 0.2) is 24.3 Å². The molecule has 0 atom stereocenters. The number of aromatic nitrogens is 1. The molecule has 0 bridgehead atoms. The molecule has 20 heavy (non-hydrogen) atoms. The summed E-state index contributed by atoms with van der Waals surface area (Å²) in [5.41, 5.74) is 1.31. The number of aryl methyl sites for hydroxylation is 1. The molecule has 1 aromatic carbocycles. The van der Waals surface area contributed by atoms with Crippen molar-refractivity contribution in [2.45, 2.75) is 39.0 Å². The van der Waals surface area contributed by atoms with Gasteiger partial charge in [0.1, 0.15) is 17.0 Å². The van der Waals surface area contributed by atoms with E-state index in [4.69, 9.17) is 5.11 Å². The number of pyridine rings is 1. The van der Waals surface area contributed by atoms with Crippen molar-refractivity contribution >= 4 is 16.9 Å². The summed E-state index contributed by atoms with van der Waals surface area (Å²) in [6.45, 7) is 2.16. The van der Waals surface area contributed by atoms with Crippen LogP contribution in [0.5, 0.6) is 5.75 Å². The quantitative estimate of drug-likeness (QED) is 0.786. The van der Waals surface area contributed by atoms with Crippen molar-refractivity contribution in [1.29, 1.82) is 0 Å². The summed E-state index contributed by atoms with van der Waals surface area (Å²) >= 11 is 0. The molecule has 0 saturated carbocycles. The van der Waals surface area contributed by atoms with Gasteiger partial charge in [0.05, 0.1) is 0 Å². The first kappa shape index (κ1) is 14.3. The van der Waals surface area contributed by atoms with Crippen LogP contribution < -0.4 is 0 Å². The second kappa shape index (κ2) is 6.37. The molecule has 4 heteroatoms. The minimum atomic E-state index is -1.06. The van der Waals surface area contributed by atoms with Gasteiger partial charge in [0, 0.05) is 5.39 Å². The van der Waals surface area contributed by atoms with Gasteiger partial charge < -0.3 is 10.2 Å². The smallest absolute Gasteiger partial charge is 0.354 e. The van der Waals surface area contributed by atoms with E-state index in [1.807, 2.05) is 6.07 Å². The summed E-state index contributed by atoms with van der Waals surface area (Å²) in [5.74, 6) is -1.04. The van der Waals surface area contributed by atoms with E-state index >= 15 is 0 Å². The first-order valence-electron chi connectivity index (χ1n) is 6.98. The molecule has 1 aromatic heterocycles. The molecule has 0 saturated heterocycles. The fraction of sp³-hybridized carbons (Fsp3) is 0.375. The summed E-state index contributed by atoms with van der Waals surface area (Å²) < 4.78 is 0. The maximum atomic E-state index is 11.1. The van der Waals surface area contributed by atoms with Gasteiger partial charge in [-0.1, -0.05) is 38.3 Å². The minimum Gasteiger partial charge on any atom is -0.506 e.